The molecule has 0 radical (unpaired) electrons. The van der Waals surface area contributed by atoms with E-state index in [0.29, 0.717) is 11.1 Å². The van der Waals surface area contributed by atoms with E-state index in [2.05, 4.69) is 0 Å². The second-order valence-corrected chi connectivity index (χ2v) is 5.35. The molecule has 2 rings (SSSR count). The molecule has 1 aromatic carbocycles. The van der Waals surface area contributed by atoms with Gasteiger partial charge in [0.1, 0.15) is 5.82 Å². The van der Waals surface area contributed by atoms with Crippen LogP contribution in [0.4, 0.5) is 10.1 Å². The summed E-state index contributed by atoms with van der Waals surface area (Å²) in [5.41, 5.74) is 6.84. The van der Waals surface area contributed by atoms with Gasteiger partial charge < -0.3 is 5.73 Å². The van der Waals surface area contributed by atoms with Crippen LogP contribution in [0.3, 0.4) is 0 Å². The first-order chi connectivity index (χ1) is 7.99. The van der Waals surface area contributed by atoms with Gasteiger partial charge in [0.2, 0.25) is 0 Å². The third-order valence-electron chi connectivity index (χ3n) is 2.54. The zero-order valence-electron chi connectivity index (χ0n) is 9.58. The van der Waals surface area contributed by atoms with Crippen molar-refractivity contribution in [2.75, 3.05) is 5.73 Å². The first-order valence-corrected chi connectivity index (χ1v) is 5.97. The van der Waals surface area contributed by atoms with E-state index in [0.717, 1.165) is 9.75 Å². The number of thiophene rings is 1. The van der Waals surface area contributed by atoms with Crippen LogP contribution in [0.15, 0.2) is 24.3 Å². The number of nitrogens with two attached hydrogens (primary N) is 1. The molecule has 4 heteroatoms. The molecule has 0 aliphatic heterocycles. The van der Waals surface area contributed by atoms with Gasteiger partial charge in [-0.3, -0.25) is 4.79 Å². The number of aryl methyl sites for hydroxylation is 2. The monoisotopic (exact) mass is 249 g/mol. The highest BCUT2D eigenvalue weighted by atomic mass is 32.1. The quantitative estimate of drug-likeness (QED) is 0.655. The van der Waals surface area contributed by atoms with E-state index in [1.165, 1.54) is 18.2 Å². The standard InChI is InChI=1S/C13H12FNOS/c1-7-5-11(8(2)17-7)13(16)10-4-3-9(14)6-12(10)15/h3-6H,15H2,1-2H3. The molecule has 88 valence electrons. The Kier molecular flexibility index (Phi) is 2.98. The van der Waals surface area contributed by atoms with Gasteiger partial charge in [-0.1, -0.05) is 0 Å². The number of carbonyl (C=O) groups excluding carboxylic acids is 1. The van der Waals surface area contributed by atoms with Crippen molar-refractivity contribution in [1.82, 2.24) is 0 Å². The molecular weight excluding hydrogens is 237 g/mol. The summed E-state index contributed by atoms with van der Waals surface area (Å²) >= 11 is 1.57. The SMILES string of the molecule is Cc1cc(C(=O)c2ccc(F)cc2N)c(C)s1. The average Bonchev–Trinajstić information content (AvgIpc) is 2.57. The van der Waals surface area contributed by atoms with Crippen LogP contribution in [0.5, 0.6) is 0 Å². The van der Waals surface area contributed by atoms with Crippen LogP contribution in [0.25, 0.3) is 0 Å². The molecule has 0 amide bonds. The molecule has 0 atom stereocenters. The summed E-state index contributed by atoms with van der Waals surface area (Å²) in [7, 11) is 0. The fraction of sp³-hybridized carbons (Fsp3) is 0.154. The predicted octanol–water partition coefficient (Wildman–Crippen LogP) is 3.32. The summed E-state index contributed by atoms with van der Waals surface area (Å²) in [4.78, 5) is 14.2. The zero-order valence-corrected chi connectivity index (χ0v) is 10.4. The molecule has 2 nitrogen and oxygen atoms in total. The van der Waals surface area contributed by atoms with Crippen molar-refractivity contribution >= 4 is 22.8 Å². The van der Waals surface area contributed by atoms with Crippen LogP contribution >= 0.6 is 11.3 Å². The maximum absolute atomic E-state index is 12.9. The minimum atomic E-state index is -0.433. The van der Waals surface area contributed by atoms with Crippen LogP contribution in [0, 0.1) is 19.7 Å². The summed E-state index contributed by atoms with van der Waals surface area (Å²) in [5, 5.41) is 0. The number of hydrogen-bond acceptors (Lipinski definition) is 3. The number of nitrogen functional groups attached to an aromatic ring is 1. The first kappa shape index (κ1) is 11.8. The van der Waals surface area contributed by atoms with E-state index in [1.54, 1.807) is 11.3 Å². The Morgan fingerprint density at radius 3 is 2.47 bits per heavy atom. The molecule has 0 unspecified atom stereocenters. The maximum Gasteiger partial charge on any atom is 0.196 e. The highest BCUT2D eigenvalue weighted by Gasteiger charge is 2.16. The predicted molar refractivity (Wildman–Crippen MR) is 68.0 cm³/mol. The number of halogens is 1. The average molecular weight is 249 g/mol. The molecular formula is C13H12FNOS. The minimum Gasteiger partial charge on any atom is -0.398 e. The van der Waals surface area contributed by atoms with Crippen LogP contribution in [-0.4, -0.2) is 5.78 Å². The molecule has 1 aromatic heterocycles. The summed E-state index contributed by atoms with van der Waals surface area (Å²) in [6.07, 6.45) is 0. The summed E-state index contributed by atoms with van der Waals surface area (Å²) in [5.74, 6) is -0.582. The molecule has 0 saturated heterocycles. The topological polar surface area (TPSA) is 43.1 Å². The van der Waals surface area contributed by atoms with Crippen molar-refractivity contribution in [3.8, 4) is 0 Å². The lowest BCUT2D eigenvalue weighted by Crippen LogP contribution is -2.05. The van der Waals surface area contributed by atoms with Gasteiger partial charge in [0.05, 0.1) is 0 Å². The first-order valence-electron chi connectivity index (χ1n) is 5.16. The number of hydrogen-bond donors (Lipinski definition) is 1. The van der Waals surface area contributed by atoms with Gasteiger partial charge in [-0.15, -0.1) is 11.3 Å². The number of carbonyl (C=O) groups is 1. The minimum absolute atomic E-state index is 0.149. The summed E-state index contributed by atoms with van der Waals surface area (Å²) in [6.45, 7) is 3.84. The number of anilines is 1. The Labute approximate surface area is 103 Å². The second-order valence-electron chi connectivity index (χ2n) is 3.89. The van der Waals surface area contributed by atoms with E-state index in [1.807, 2.05) is 19.9 Å². The normalized spacial score (nSPS) is 10.5. The molecule has 17 heavy (non-hydrogen) atoms. The second kappa shape index (κ2) is 4.30. The molecule has 0 bridgehead atoms. The van der Waals surface area contributed by atoms with Gasteiger partial charge >= 0.3 is 0 Å². The lowest BCUT2D eigenvalue weighted by atomic mass is 10.0. The molecule has 0 saturated carbocycles. The summed E-state index contributed by atoms with van der Waals surface area (Å²) < 4.78 is 12.9. The number of ketones is 1. The third-order valence-corrected chi connectivity index (χ3v) is 3.51. The van der Waals surface area contributed by atoms with E-state index < -0.39 is 5.82 Å². The smallest absolute Gasteiger partial charge is 0.196 e. The molecule has 0 aliphatic carbocycles. The Balaban J connectivity index is 2.47. The van der Waals surface area contributed by atoms with E-state index >= 15 is 0 Å². The molecule has 2 N–H and O–H groups in total. The van der Waals surface area contributed by atoms with Crippen LogP contribution in [0.2, 0.25) is 0 Å². The zero-order chi connectivity index (χ0) is 12.6. The third kappa shape index (κ3) is 2.22. The van der Waals surface area contributed by atoms with Crippen molar-refractivity contribution in [1.29, 1.82) is 0 Å². The molecule has 1 heterocycles. The van der Waals surface area contributed by atoms with E-state index in [9.17, 15) is 9.18 Å². The van der Waals surface area contributed by atoms with Crippen molar-refractivity contribution in [3.63, 3.8) is 0 Å². The van der Waals surface area contributed by atoms with Crippen LogP contribution in [0.1, 0.15) is 25.7 Å². The van der Waals surface area contributed by atoms with Gasteiger partial charge in [0.15, 0.2) is 5.78 Å². The van der Waals surface area contributed by atoms with Gasteiger partial charge in [-0.25, -0.2) is 4.39 Å². The van der Waals surface area contributed by atoms with Gasteiger partial charge in [0, 0.05) is 26.6 Å². The molecule has 0 fully saturated rings. The lowest BCUT2D eigenvalue weighted by molar-refractivity contribution is 0.103. The molecule has 0 aliphatic rings. The van der Waals surface area contributed by atoms with Gasteiger partial charge in [-0.2, -0.15) is 0 Å². The lowest BCUT2D eigenvalue weighted by Gasteiger charge is -2.04. The Morgan fingerprint density at radius 2 is 1.94 bits per heavy atom. The van der Waals surface area contributed by atoms with Gasteiger partial charge in [-0.05, 0) is 38.1 Å². The van der Waals surface area contributed by atoms with Crippen molar-refractivity contribution in [2.45, 2.75) is 13.8 Å². The highest BCUT2D eigenvalue weighted by Crippen LogP contribution is 2.25. The van der Waals surface area contributed by atoms with Crippen molar-refractivity contribution < 1.29 is 9.18 Å². The van der Waals surface area contributed by atoms with E-state index in [-0.39, 0.29) is 11.5 Å². The van der Waals surface area contributed by atoms with Crippen molar-refractivity contribution in [2.24, 2.45) is 0 Å². The Morgan fingerprint density at radius 1 is 1.24 bits per heavy atom. The summed E-state index contributed by atoms with van der Waals surface area (Å²) in [6, 6.07) is 5.69. The highest BCUT2D eigenvalue weighted by molar-refractivity contribution is 7.12. The van der Waals surface area contributed by atoms with Crippen LogP contribution in [-0.2, 0) is 0 Å². The molecule has 0 spiro atoms. The number of benzene rings is 1. The fourth-order valence-electron chi connectivity index (χ4n) is 1.74. The maximum atomic E-state index is 12.9. The molecule has 2 aromatic rings. The largest absolute Gasteiger partial charge is 0.398 e. The van der Waals surface area contributed by atoms with Gasteiger partial charge in [0.25, 0.3) is 0 Å². The van der Waals surface area contributed by atoms with Crippen molar-refractivity contribution in [3.05, 3.63) is 51.0 Å². The van der Waals surface area contributed by atoms with E-state index in [4.69, 9.17) is 5.73 Å². The van der Waals surface area contributed by atoms with Crippen LogP contribution < -0.4 is 5.73 Å². The Hall–Kier alpha value is -1.68. The Bertz CT molecular complexity index is 589. The number of rotatable bonds is 2. The fourth-order valence-corrected chi connectivity index (χ4v) is 2.66.